The van der Waals surface area contributed by atoms with E-state index in [1.807, 2.05) is 11.0 Å². The number of pyridine rings is 1. The fourth-order valence-electron chi connectivity index (χ4n) is 5.26. The van der Waals surface area contributed by atoms with E-state index >= 15 is 0 Å². The van der Waals surface area contributed by atoms with Crippen LogP contribution in [0, 0.1) is 41.1 Å². The largest absolute Gasteiger partial charge is 0.381 e. The maximum absolute atomic E-state index is 14.0. The molecular formula is C26H24F3N5O3. The summed E-state index contributed by atoms with van der Waals surface area (Å²) >= 11 is 0. The van der Waals surface area contributed by atoms with Crippen molar-refractivity contribution in [2.24, 2.45) is 5.41 Å². The molecule has 37 heavy (non-hydrogen) atoms. The molecule has 0 N–H and O–H groups in total. The molecule has 1 spiro atoms. The second-order valence-corrected chi connectivity index (χ2v) is 9.71. The number of ether oxygens (including phenoxy) is 1. The van der Waals surface area contributed by atoms with Crippen molar-refractivity contribution in [2.75, 3.05) is 31.2 Å². The molecule has 11 heteroatoms. The van der Waals surface area contributed by atoms with E-state index in [2.05, 4.69) is 4.98 Å². The van der Waals surface area contributed by atoms with E-state index in [1.54, 1.807) is 19.2 Å². The van der Waals surface area contributed by atoms with E-state index < -0.39 is 28.7 Å². The lowest BCUT2D eigenvalue weighted by atomic mass is 9.73. The summed E-state index contributed by atoms with van der Waals surface area (Å²) < 4.78 is 49.3. The standard InChI is InChI=1S/C26H24F3N5O3/c1-16-8-18(13-31-12-16)34-24(35)19(9-17-10-20(27)22(29)21(28)11-17)23(33(5-4-30)25(34)36)32-14-26(15-32)2-6-37-7-3-26/h8,10-13H,2-3,5-7,9,14-15H2,1H3. The Morgan fingerprint density at radius 2 is 1.76 bits per heavy atom. The van der Waals surface area contributed by atoms with E-state index in [0.717, 1.165) is 29.5 Å². The van der Waals surface area contributed by atoms with Crippen molar-refractivity contribution in [1.82, 2.24) is 14.1 Å². The van der Waals surface area contributed by atoms with Gasteiger partial charge in [-0.2, -0.15) is 5.26 Å². The first-order valence-corrected chi connectivity index (χ1v) is 11.9. The van der Waals surface area contributed by atoms with Crippen LogP contribution in [0.2, 0.25) is 0 Å². The molecule has 2 fully saturated rings. The van der Waals surface area contributed by atoms with Crippen LogP contribution >= 0.6 is 0 Å². The van der Waals surface area contributed by atoms with E-state index in [-0.39, 0.29) is 41.0 Å². The average molecular weight is 512 g/mol. The molecule has 0 bridgehead atoms. The molecule has 1 aromatic carbocycles. The number of rotatable bonds is 5. The fraction of sp³-hybridized carbons (Fsp3) is 0.385. The van der Waals surface area contributed by atoms with Gasteiger partial charge in [-0.15, -0.1) is 0 Å². The van der Waals surface area contributed by atoms with Gasteiger partial charge in [0.2, 0.25) is 0 Å². The van der Waals surface area contributed by atoms with Gasteiger partial charge < -0.3 is 9.64 Å². The molecular weight excluding hydrogens is 487 g/mol. The van der Waals surface area contributed by atoms with Crippen LogP contribution in [0.3, 0.4) is 0 Å². The number of nitrogens with zero attached hydrogens (tertiary/aromatic N) is 5. The fourth-order valence-corrected chi connectivity index (χ4v) is 5.26. The number of hydrogen-bond donors (Lipinski definition) is 0. The Morgan fingerprint density at radius 1 is 1.08 bits per heavy atom. The molecule has 8 nitrogen and oxygen atoms in total. The number of hydrogen-bond acceptors (Lipinski definition) is 6. The number of aromatic nitrogens is 3. The minimum absolute atomic E-state index is 0.0205. The highest BCUT2D eigenvalue weighted by Gasteiger charge is 2.46. The molecule has 0 radical (unpaired) electrons. The SMILES string of the molecule is Cc1cncc(-n2c(=O)c(Cc3cc(F)c(F)c(F)c3)c(N3CC4(CCOCC4)C3)n(CC#N)c2=O)c1. The minimum Gasteiger partial charge on any atom is -0.381 e. The predicted molar refractivity (Wildman–Crippen MR) is 128 cm³/mol. The molecule has 0 aliphatic carbocycles. The summed E-state index contributed by atoms with van der Waals surface area (Å²) in [4.78, 5) is 33.4. The lowest BCUT2D eigenvalue weighted by molar-refractivity contribution is -0.000780. The maximum atomic E-state index is 14.0. The lowest BCUT2D eigenvalue weighted by Crippen LogP contribution is -2.60. The number of aryl methyl sites for hydroxylation is 1. The van der Waals surface area contributed by atoms with Crippen molar-refractivity contribution in [1.29, 1.82) is 5.26 Å². The normalized spacial score (nSPS) is 16.5. The van der Waals surface area contributed by atoms with E-state index in [4.69, 9.17) is 4.74 Å². The molecule has 0 unspecified atom stereocenters. The third-order valence-electron chi connectivity index (χ3n) is 7.09. The van der Waals surface area contributed by atoms with E-state index in [9.17, 15) is 28.0 Å². The highest BCUT2D eigenvalue weighted by atomic mass is 19.2. The van der Waals surface area contributed by atoms with Gasteiger partial charge in [0.25, 0.3) is 5.56 Å². The lowest BCUT2D eigenvalue weighted by Gasteiger charge is -2.53. The van der Waals surface area contributed by atoms with Crippen LogP contribution in [-0.4, -0.2) is 40.4 Å². The summed E-state index contributed by atoms with van der Waals surface area (Å²) in [5.41, 5.74) is -0.451. The summed E-state index contributed by atoms with van der Waals surface area (Å²) in [5.74, 6) is -4.13. The second kappa shape index (κ2) is 9.52. The molecule has 192 valence electrons. The number of nitriles is 1. The van der Waals surface area contributed by atoms with Gasteiger partial charge in [-0.1, -0.05) is 0 Å². The highest BCUT2D eigenvalue weighted by Crippen LogP contribution is 2.42. The van der Waals surface area contributed by atoms with Gasteiger partial charge in [0, 0.05) is 44.3 Å². The Labute approximate surface area is 210 Å². The number of anilines is 1. The average Bonchev–Trinajstić information content (AvgIpc) is 2.85. The minimum atomic E-state index is -1.61. The topological polar surface area (TPSA) is 93.2 Å². The first kappa shape index (κ1) is 24.8. The molecule has 5 rings (SSSR count). The van der Waals surface area contributed by atoms with Gasteiger partial charge in [-0.25, -0.2) is 22.5 Å². The number of benzene rings is 1. The molecule has 0 atom stereocenters. The summed E-state index contributed by atoms with van der Waals surface area (Å²) in [5, 5.41) is 9.56. The van der Waals surface area contributed by atoms with Crippen molar-refractivity contribution in [3.63, 3.8) is 0 Å². The summed E-state index contributed by atoms with van der Waals surface area (Å²) in [7, 11) is 0. The predicted octanol–water partition coefficient (Wildman–Crippen LogP) is 2.85. The Balaban J connectivity index is 1.71. The molecule has 2 aliphatic rings. The van der Waals surface area contributed by atoms with Crippen LogP contribution < -0.4 is 16.1 Å². The molecule has 2 saturated heterocycles. The van der Waals surface area contributed by atoms with Crippen LogP contribution in [0.1, 0.15) is 29.5 Å². The molecule has 2 aliphatic heterocycles. The van der Waals surface area contributed by atoms with Crippen LogP contribution in [0.15, 0.2) is 40.2 Å². The van der Waals surface area contributed by atoms with Gasteiger partial charge in [-0.3, -0.25) is 14.3 Å². The van der Waals surface area contributed by atoms with Crippen molar-refractivity contribution in [3.8, 4) is 11.8 Å². The zero-order valence-electron chi connectivity index (χ0n) is 20.1. The monoisotopic (exact) mass is 511 g/mol. The summed E-state index contributed by atoms with van der Waals surface area (Å²) in [6.45, 7) is 3.71. The van der Waals surface area contributed by atoms with E-state index in [1.165, 1.54) is 10.8 Å². The van der Waals surface area contributed by atoms with Gasteiger partial charge in [0.05, 0.1) is 23.5 Å². The first-order chi connectivity index (χ1) is 17.7. The summed E-state index contributed by atoms with van der Waals surface area (Å²) in [6, 6.07) is 5.25. The molecule has 0 saturated carbocycles. The van der Waals surface area contributed by atoms with Gasteiger partial charge >= 0.3 is 5.69 Å². The Kier molecular flexibility index (Phi) is 6.37. The molecule has 4 heterocycles. The van der Waals surface area contributed by atoms with Crippen LogP contribution in [0.4, 0.5) is 19.0 Å². The maximum Gasteiger partial charge on any atom is 0.338 e. The van der Waals surface area contributed by atoms with Crippen LogP contribution in [0.25, 0.3) is 5.69 Å². The van der Waals surface area contributed by atoms with Gasteiger partial charge in [0.1, 0.15) is 12.4 Å². The van der Waals surface area contributed by atoms with Crippen molar-refractivity contribution in [2.45, 2.75) is 32.7 Å². The van der Waals surface area contributed by atoms with Crippen LogP contribution in [0.5, 0.6) is 0 Å². The Morgan fingerprint density at radius 3 is 2.38 bits per heavy atom. The highest BCUT2D eigenvalue weighted by molar-refractivity contribution is 5.53. The Bertz CT molecular complexity index is 1500. The first-order valence-electron chi connectivity index (χ1n) is 11.9. The Hall–Kier alpha value is -3.91. The zero-order chi connectivity index (χ0) is 26.3. The van der Waals surface area contributed by atoms with E-state index in [0.29, 0.717) is 31.9 Å². The van der Waals surface area contributed by atoms with Crippen molar-refractivity contribution >= 4 is 5.82 Å². The van der Waals surface area contributed by atoms with Crippen molar-refractivity contribution < 1.29 is 17.9 Å². The quantitative estimate of drug-likeness (QED) is 0.489. The zero-order valence-corrected chi connectivity index (χ0v) is 20.1. The second-order valence-electron chi connectivity index (χ2n) is 9.71. The summed E-state index contributed by atoms with van der Waals surface area (Å²) in [6.07, 6.45) is 4.28. The molecule has 0 amide bonds. The van der Waals surface area contributed by atoms with Gasteiger partial charge in [0.15, 0.2) is 17.5 Å². The smallest absolute Gasteiger partial charge is 0.338 e. The third kappa shape index (κ3) is 4.42. The van der Waals surface area contributed by atoms with Crippen LogP contribution in [-0.2, 0) is 17.7 Å². The third-order valence-corrected chi connectivity index (χ3v) is 7.09. The molecule has 3 aromatic rings. The van der Waals surface area contributed by atoms with Crippen molar-refractivity contribution in [3.05, 3.63) is 85.6 Å². The molecule has 2 aromatic heterocycles. The number of halogens is 3. The van der Waals surface area contributed by atoms with Gasteiger partial charge in [-0.05, 0) is 49.1 Å².